The van der Waals surface area contributed by atoms with E-state index in [-0.39, 0.29) is 60.3 Å². The molecule has 4 saturated heterocycles. The normalized spacial score (nSPS) is 19.2. The number of ether oxygens (including phenoxy) is 6. The molecule has 0 saturated carbocycles. The van der Waals surface area contributed by atoms with Crippen molar-refractivity contribution in [1.82, 2.24) is 29.4 Å². The molecule has 20 nitrogen and oxygen atoms in total. The van der Waals surface area contributed by atoms with Crippen LogP contribution < -0.4 is 9.47 Å². The average molecular weight is 1230 g/mol. The highest BCUT2D eigenvalue weighted by molar-refractivity contribution is 5.91. The number of nitrogens with zero attached hydrogens (tertiary/aromatic N) is 6. The van der Waals surface area contributed by atoms with Crippen LogP contribution in [0.4, 0.5) is 18.4 Å². The fourth-order valence-corrected chi connectivity index (χ4v) is 11.4. The van der Waals surface area contributed by atoms with Gasteiger partial charge in [0, 0.05) is 75.6 Å². The van der Waals surface area contributed by atoms with E-state index >= 15 is 9.59 Å². The Hall–Kier alpha value is -7.40. The van der Waals surface area contributed by atoms with Gasteiger partial charge in [-0.1, -0.05) is 76.2 Å². The van der Waals surface area contributed by atoms with Crippen molar-refractivity contribution >= 4 is 35.9 Å². The lowest BCUT2D eigenvalue weighted by atomic mass is 9.99. The molecule has 0 aliphatic carbocycles. The van der Waals surface area contributed by atoms with Crippen LogP contribution in [0.25, 0.3) is 0 Å². The molecule has 22 heteroatoms. The summed E-state index contributed by atoms with van der Waals surface area (Å²) in [6, 6.07) is 23.1. The topological polar surface area (TPSA) is 218 Å². The summed E-state index contributed by atoms with van der Waals surface area (Å²) in [5.74, 6) is -4.12. The van der Waals surface area contributed by atoms with Crippen LogP contribution >= 0.6 is 0 Å². The third-order valence-corrected chi connectivity index (χ3v) is 16.5. The van der Waals surface area contributed by atoms with Crippen molar-refractivity contribution in [2.24, 2.45) is 11.8 Å². The Bertz CT molecular complexity index is 2730. The number of cyclic esters (lactones) is 2. The maximum atomic E-state index is 15.3. The number of likely N-dealkylation sites (tertiary alicyclic amines) is 2. The van der Waals surface area contributed by atoms with Gasteiger partial charge >= 0.3 is 24.1 Å². The van der Waals surface area contributed by atoms with Gasteiger partial charge in [-0.3, -0.25) is 9.59 Å². The summed E-state index contributed by atoms with van der Waals surface area (Å²) in [5, 5.41) is 23.4. The number of amides is 4. The van der Waals surface area contributed by atoms with Crippen LogP contribution in [0, 0.1) is 23.5 Å². The van der Waals surface area contributed by atoms with Gasteiger partial charge in [-0.05, 0) is 137 Å². The Labute approximate surface area is 514 Å². The molecule has 4 aliphatic rings. The van der Waals surface area contributed by atoms with Gasteiger partial charge in [-0.25, -0.2) is 28.0 Å². The minimum absolute atomic E-state index is 0.0177. The van der Waals surface area contributed by atoms with Crippen LogP contribution in [0.3, 0.4) is 0 Å². The first-order valence-corrected chi connectivity index (χ1v) is 30.8. The molecular weight excluding hydrogens is 1140 g/mol. The van der Waals surface area contributed by atoms with Crippen LogP contribution in [-0.2, 0) is 51.2 Å². The number of hydrogen-bond acceptors (Lipinski definition) is 16. The quantitative estimate of drug-likeness (QED) is 0.0388. The largest absolute Gasteiger partial charge is 0.493 e. The molecule has 0 spiro atoms. The second-order valence-electron chi connectivity index (χ2n) is 24.3. The third-order valence-electron chi connectivity index (χ3n) is 16.5. The van der Waals surface area contributed by atoms with E-state index in [1.165, 1.54) is 24.3 Å². The molecule has 0 radical (unpaired) electrons. The summed E-state index contributed by atoms with van der Waals surface area (Å²) in [6.07, 6.45) is -6.06. The van der Waals surface area contributed by atoms with Crippen LogP contribution in [0.2, 0.25) is 0 Å². The second kappa shape index (κ2) is 31.7. The molecule has 4 aromatic rings. The van der Waals surface area contributed by atoms with E-state index in [4.69, 9.17) is 28.4 Å². The zero-order chi connectivity index (χ0) is 63.0. The molecular formula is C66H86F2N6O14. The van der Waals surface area contributed by atoms with Gasteiger partial charge < -0.3 is 68.0 Å². The highest BCUT2D eigenvalue weighted by Crippen LogP contribution is 2.32. The third kappa shape index (κ3) is 18.4. The number of carbonyl (C=O) groups excluding carboxylic acids is 6. The number of esters is 2. The number of rotatable bonds is 29. The number of piperidine rings is 2. The summed E-state index contributed by atoms with van der Waals surface area (Å²) in [5.41, 5.74) is 1.53. The van der Waals surface area contributed by atoms with E-state index in [0.29, 0.717) is 140 Å². The molecule has 0 aromatic heterocycles. The summed E-state index contributed by atoms with van der Waals surface area (Å²) in [7, 11) is 0. The van der Waals surface area contributed by atoms with Crippen LogP contribution in [0.5, 0.6) is 11.5 Å². The highest BCUT2D eigenvalue weighted by atomic mass is 19.1. The number of hydrogen-bond donors (Lipinski definition) is 2. The molecule has 0 bridgehead atoms. The van der Waals surface area contributed by atoms with E-state index in [1.54, 1.807) is 92.4 Å². The summed E-state index contributed by atoms with van der Waals surface area (Å²) in [6.45, 7) is 18.0. The number of benzene rings is 4. The number of carbonyl (C=O) groups is 6. The summed E-state index contributed by atoms with van der Waals surface area (Å²) < 4.78 is 62.7. The minimum Gasteiger partial charge on any atom is -0.493 e. The van der Waals surface area contributed by atoms with Crippen molar-refractivity contribution in [3.8, 4) is 11.5 Å². The molecule has 8 rings (SSSR count). The molecule has 6 atom stereocenters. The maximum Gasteiger partial charge on any atom is 0.410 e. The van der Waals surface area contributed by atoms with Crippen molar-refractivity contribution in [1.29, 1.82) is 0 Å². The predicted octanol–water partition coefficient (Wildman–Crippen LogP) is 8.07. The Morgan fingerprint density at radius 3 is 1.18 bits per heavy atom. The minimum atomic E-state index is -2.64. The lowest BCUT2D eigenvalue weighted by molar-refractivity contribution is -0.184. The molecule has 2 N–H and O–H groups in total. The molecule has 4 fully saturated rings. The molecule has 4 aromatic carbocycles. The number of halogens is 2. The van der Waals surface area contributed by atoms with Gasteiger partial charge in [-0.2, -0.15) is 0 Å². The second-order valence-corrected chi connectivity index (χ2v) is 24.3. The monoisotopic (exact) mass is 1220 g/mol. The molecule has 4 amide bonds. The Morgan fingerprint density at radius 1 is 0.534 bits per heavy atom. The Balaban J connectivity index is 1.02. The fourth-order valence-electron chi connectivity index (χ4n) is 11.4. The van der Waals surface area contributed by atoms with Crippen LogP contribution in [0.1, 0.15) is 115 Å². The number of aliphatic hydroxyl groups excluding tert-OH is 2. The molecule has 88 heavy (non-hydrogen) atoms. The highest BCUT2D eigenvalue weighted by Gasteiger charge is 2.43. The zero-order valence-electron chi connectivity index (χ0n) is 51.4. The first-order chi connectivity index (χ1) is 42.2. The summed E-state index contributed by atoms with van der Waals surface area (Å²) in [4.78, 5) is 95.1. The lowest BCUT2D eigenvalue weighted by Gasteiger charge is -2.40. The molecule has 4 heterocycles. The summed E-state index contributed by atoms with van der Waals surface area (Å²) >= 11 is 0. The first kappa shape index (κ1) is 66.6. The van der Waals surface area contributed by atoms with Gasteiger partial charge in [0.2, 0.25) is 12.2 Å². The molecule has 4 unspecified atom stereocenters. The average Bonchev–Trinajstić information content (AvgIpc) is 1.99. The maximum absolute atomic E-state index is 15.3. The Morgan fingerprint density at radius 2 is 0.875 bits per heavy atom. The lowest BCUT2D eigenvalue weighted by Crippen LogP contribution is -2.50. The van der Waals surface area contributed by atoms with E-state index in [9.17, 15) is 38.2 Å². The van der Waals surface area contributed by atoms with Gasteiger partial charge in [0.25, 0.3) is 11.8 Å². The van der Waals surface area contributed by atoms with Crippen LogP contribution in [-0.4, -0.2) is 191 Å². The van der Waals surface area contributed by atoms with E-state index in [1.807, 2.05) is 41.5 Å². The van der Waals surface area contributed by atoms with Crippen molar-refractivity contribution in [3.05, 3.63) is 131 Å². The van der Waals surface area contributed by atoms with Crippen LogP contribution in [0.15, 0.2) is 97.1 Å². The van der Waals surface area contributed by atoms with Gasteiger partial charge in [0.15, 0.2) is 12.2 Å². The van der Waals surface area contributed by atoms with E-state index in [0.717, 1.165) is 0 Å². The van der Waals surface area contributed by atoms with Gasteiger partial charge in [0.05, 0.1) is 25.3 Å². The smallest absolute Gasteiger partial charge is 0.410 e. The molecule has 478 valence electrons. The SMILES string of the molecule is CC(C)COc1ccc(C(OC(=O)C(O)C(O)C(=O)OC(C(=O)N(Cc2ccc(F)cc2)C2CCN(CCCN3C(=O)OC[C@@H]3C)CC2)c2ccc(OCC(C)C)cc2)C(=O)N(Cc2ccc(F)cc2)C2CCN(CCCN3C(=O)OC[C@@H]3C)CC2)cc1. The van der Waals surface area contributed by atoms with Crippen molar-refractivity contribution < 1.29 is 76.2 Å². The van der Waals surface area contributed by atoms with Gasteiger partial charge in [0.1, 0.15) is 36.3 Å². The standard InChI is InChI=1S/C66H86F2N6O14/c1-43(2)39-83-55-21-13-49(14-22-55)59(61(77)73(37-47-9-17-51(67)18-10-47)53-25-33-69(34-26-53)29-7-31-71-45(5)41-85-65(71)81)87-63(79)57(75)58(76)64(80)88-60(50-15-23-56(24-16-50)84-40-44(3)4)62(78)74(38-48-11-19-52(68)20-12-48)54-27-35-70(36-28-54)30-8-32-72-46(6)42-86-66(72)82/h9-24,43-46,53-54,57-60,75-76H,7-8,25-42H2,1-6H3/t45-,46-,57?,58?,59?,60?/m0/s1. The predicted molar refractivity (Wildman–Crippen MR) is 320 cm³/mol. The fraction of sp³-hybridized carbons (Fsp3) is 0.545. The molecule has 4 aliphatic heterocycles. The van der Waals surface area contributed by atoms with Gasteiger partial charge in [-0.15, -0.1) is 0 Å². The van der Waals surface area contributed by atoms with E-state index in [2.05, 4.69) is 9.80 Å². The first-order valence-electron chi connectivity index (χ1n) is 30.8. The van der Waals surface area contributed by atoms with Crippen molar-refractivity contribution in [3.63, 3.8) is 0 Å². The van der Waals surface area contributed by atoms with E-state index < -0.39 is 71.9 Å². The van der Waals surface area contributed by atoms with Crippen molar-refractivity contribution in [2.45, 2.75) is 142 Å². The zero-order valence-corrected chi connectivity index (χ0v) is 51.4. The Kier molecular flexibility index (Phi) is 24.0. The number of aliphatic hydroxyl groups is 2. The van der Waals surface area contributed by atoms with Crippen molar-refractivity contribution in [2.75, 3.05) is 78.8 Å².